The van der Waals surface area contributed by atoms with Gasteiger partial charge in [0.15, 0.2) is 0 Å². The van der Waals surface area contributed by atoms with Gasteiger partial charge in [0.1, 0.15) is 5.82 Å². The van der Waals surface area contributed by atoms with Crippen LogP contribution in [0.2, 0.25) is 5.02 Å². The molecule has 2 rings (SSSR count). The Morgan fingerprint density at radius 1 is 1.50 bits per heavy atom. The van der Waals surface area contributed by atoms with Crippen LogP contribution in [-0.2, 0) is 4.79 Å². The van der Waals surface area contributed by atoms with E-state index in [1.54, 1.807) is 6.07 Å². The van der Waals surface area contributed by atoms with Crippen molar-refractivity contribution in [2.75, 3.05) is 5.32 Å². The molecule has 1 aliphatic rings. The summed E-state index contributed by atoms with van der Waals surface area (Å²) in [5.41, 5.74) is 0.462. The number of anilines is 1. The zero-order chi connectivity index (χ0) is 10.1. The van der Waals surface area contributed by atoms with Gasteiger partial charge in [-0.3, -0.25) is 4.79 Å². The van der Waals surface area contributed by atoms with E-state index in [1.165, 1.54) is 12.1 Å². The van der Waals surface area contributed by atoms with Gasteiger partial charge >= 0.3 is 0 Å². The highest BCUT2D eigenvalue weighted by Crippen LogP contribution is 2.30. The molecule has 0 radical (unpaired) electrons. The van der Waals surface area contributed by atoms with Crippen molar-refractivity contribution in [2.45, 2.75) is 12.8 Å². The van der Waals surface area contributed by atoms with Gasteiger partial charge in [0.25, 0.3) is 0 Å². The predicted molar refractivity (Wildman–Crippen MR) is 52.8 cm³/mol. The number of carbonyl (C=O) groups excluding carboxylic acids is 1. The van der Waals surface area contributed by atoms with Gasteiger partial charge in [-0.2, -0.15) is 0 Å². The van der Waals surface area contributed by atoms with E-state index >= 15 is 0 Å². The van der Waals surface area contributed by atoms with Crippen LogP contribution in [0.1, 0.15) is 12.8 Å². The summed E-state index contributed by atoms with van der Waals surface area (Å²) in [5, 5.41) is 2.70. The average Bonchev–Trinajstić information content (AvgIpc) is 2.94. The number of amides is 1. The largest absolute Gasteiger partial charge is 0.326 e. The van der Waals surface area contributed by atoms with E-state index in [9.17, 15) is 9.18 Å². The Hall–Kier alpha value is -1.09. The molecule has 0 heterocycles. The van der Waals surface area contributed by atoms with Gasteiger partial charge in [0.05, 0.1) is 5.02 Å². The van der Waals surface area contributed by atoms with Gasteiger partial charge in [0.2, 0.25) is 5.91 Å². The Morgan fingerprint density at radius 3 is 2.79 bits per heavy atom. The Morgan fingerprint density at radius 2 is 2.21 bits per heavy atom. The quantitative estimate of drug-likeness (QED) is 0.804. The number of benzene rings is 1. The number of halogens is 2. The zero-order valence-electron chi connectivity index (χ0n) is 7.39. The summed E-state index contributed by atoms with van der Waals surface area (Å²) < 4.78 is 13.0. The van der Waals surface area contributed by atoms with E-state index in [2.05, 4.69) is 5.32 Å². The number of carbonyl (C=O) groups is 1. The molecule has 1 saturated carbocycles. The van der Waals surface area contributed by atoms with Crippen molar-refractivity contribution in [1.82, 2.24) is 0 Å². The first-order chi connectivity index (χ1) is 6.66. The Kier molecular flexibility index (Phi) is 2.42. The highest BCUT2D eigenvalue weighted by molar-refractivity contribution is 6.30. The summed E-state index contributed by atoms with van der Waals surface area (Å²) in [7, 11) is 0. The van der Waals surface area contributed by atoms with E-state index in [4.69, 9.17) is 11.6 Å². The molecule has 1 aliphatic carbocycles. The van der Waals surface area contributed by atoms with Crippen LogP contribution in [0.25, 0.3) is 0 Å². The lowest BCUT2D eigenvalue weighted by Gasteiger charge is -2.04. The topological polar surface area (TPSA) is 29.1 Å². The van der Waals surface area contributed by atoms with E-state index in [1.807, 2.05) is 0 Å². The van der Waals surface area contributed by atoms with E-state index in [-0.39, 0.29) is 16.8 Å². The first-order valence-electron chi connectivity index (χ1n) is 4.43. The molecular weight excluding hydrogens is 205 g/mol. The van der Waals surface area contributed by atoms with Gasteiger partial charge in [-0.1, -0.05) is 11.6 Å². The normalized spacial score (nSPS) is 15.3. The fourth-order valence-corrected chi connectivity index (χ4v) is 1.28. The van der Waals surface area contributed by atoms with Gasteiger partial charge in [0, 0.05) is 11.6 Å². The van der Waals surface area contributed by atoms with Crippen molar-refractivity contribution in [3.63, 3.8) is 0 Å². The molecule has 2 nitrogen and oxygen atoms in total. The van der Waals surface area contributed by atoms with Crippen LogP contribution in [0.15, 0.2) is 18.2 Å². The average molecular weight is 214 g/mol. The van der Waals surface area contributed by atoms with E-state index in [0.29, 0.717) is 5.69 Å². The molecule has 0 aromatic heterocycles. The third-order valence-electron chi connectivity index (χ3n) is 2.14. The standard InChI is InChI=1S/C10H9ClFNO/c11-8-4-3-7(5-9(8)12)13-10(14)6-1-2-6/h3-6H,1-2H2,(H,13,14). The molecule has 1 fully saturated rings. The summed E-state index contributed by atoms with van der Waals surface area (Å²) in [5.74, 6) is -0.430. The molecule has 0 aliphatic heterocycles. The number of rotatable bonds is 2. The summed E-state index contributed by atoms with van der Waals surface area (Å²) in [6.45, 7) is 0. The van der Waals surface area contributed by atoms with Crippen LogP contribution < -0.4 is 5.32 Å². The first kappa shape index (κ1) is 9.46. The lowest BCUT2D eigenvalue weighted by molar-refractivity contribution is -0.117. The molecule has 0 spiro atoms. The van der Waals surface area contributed by atoms with Crippen LogP contribution >= 0.6 is 11.6 Å². The van der Waals surface area contributed by atoms with E-state index < -0.39 is 5.82 Å². The van der Waals surface area contributed by atoms with Crippen LogP contribution in [0.3, 0.4) is 0 Å². The molecule has 1 aromatic carbocycles. The number of hydrogen-bond donors (Lipinski definition) is 1. The van der Waals surface area contributed by atoms with Crippen molar-refractivity contribution in [1.29, 1.82) is 0 Å². The SMILES string of the molecule is O=C(Nc1ccc(Cl)c(F)c1)C1CC1. The molecule has 1 aromatic rings. The third kappa shape index (κ3) is 2.04. The van der Waals surface area contributed by atoms with Crippen molar-refractivity contribution in [3.8, 4) is 0 Å². The van der Waals surface area contributed by atoms with Crippen LogP contribution in [0, 0.1) is 11.7 Å². The summed E-state index contributed by atoms with van der Waals surface area (Å²) in [4.78, 5) is 11.3. The Labute approximate surface area is 86.1 Å². The summed E-state index contributed by atoms with van der Waals surface area (Å²) in [6, 6.07) is 4.24. The smallest absolute Gasteiger partial charge is 0.227 e. The highest BCUT2D eigenvalue weighted by atomic mass is 35.5. The zero-order valence-corrected chi connectivity index (χ0v) is 8.14. The van der Waals surface area contributed by atoms with Gasteiger partial charge in [-0.05, 0) is 31.0 Å². The van der Waals surface area contributed by atoms with Gasteiger partial charge < -0.3 is 5.32 Å². The van der Waals surface area contributed by atoms with Gasteiger partial charge in [-0.15, -0.1) is 0 Å². The first-order valence-corrected chi connectivity index (χ1v) is 4.80. The van der Waals surface area contributed by atoms with Crippen LogP contribution in [-0.4, -0.2) is 5.91 Å². The monoisotopic (exact) mass is 213 g/mol. The number of hydrogen-bond acceptors (Lipinski definition) is 1. The van der Waals surface area contributed by atoms with Crippen molar-refractivity contribution in [2.24, 2.45) is 5.92 Å². The molecule has 0 bridgehead atoms. The van der Waals surface area contributed by atoms with Crippen molar-refractivity contribution in [3.05, 3.63) is 29.0 Å². The number of nitrogens with one attached hydrogen (secondary N) is 1. The van der Waals surface area contributed by atoms with E-state index in [0.717, 1.165) is 12.8 Å². The highest BCUT2D eigenvalue weighted by Gasteiger charge is 2.29. The summed E-state index contributed by atoms with van der Waals surface area (Å²) >= 11 is 5.50. The maximum atomic E-state index is 13.0. The maximum absolute atomic E-state index is 13.0. The lowest BCUT2D eigenvalue weighted by atomic mass is 10.3. The molecule has 4 heteroatoms. The molecule has 14 heavy (non-hydrogen) atoms. The fourth-order valence-electron chi connectivity index (χ4n) is 1.16. The minimum Gasteiger partial charge on any atom is -0.326 e. The second-order valence-electron chi connectivity index (χ2n) is 3.39. The molecular formula is C10H9ClFNO. The van der Waals surface area contributed by atoms with Crippen molar-refractivity contribution >= 4 is 23.2 Å². The second kappa shape index (κ2) is 3.58. The predicted octanol–water partition coefficient (Wildman–Crippen LogP) is 2.83. The summed E-state index contributed by atoms with van der Waals surface area (Å²) in [6.07, 6.45) is 1.86. The van der Waals surface area contributed by atoms with Crippen LogP contribution in [0.5, 0.6) is 0 Å². The second-order valence-corrected chi connectivity index (χ2v) is 3.80. The van der Waals surface area contributed by atoms with Crippen LogP contribution in [0.4, 0.5) is 10.1 Å². The molecule has 0 atom stereocenters. The Bertz CT molecular complexity index is 376. The molecule has 74 valence electrons. The minimum atomic E-state index is -0.514. The molecule has 0 saturated heterocycles. The van der Waals surface area contributed by atoms with Crippen molar-refractivity contribution < 1.29 is 9.18 Å². The fraction of sp³-hybridized carbons (Fsp3) is 0.300. The molecule has 1 N–H and O–H groups in total. The molecule has 0 unspecified atom stereocenters. The van der Waals surface area contributed by atoms with Gasteiger partial charge in [-0.25, -0.2) is 4.39 Å². The Balaban J connectivity index is 2.08. The minimum absolute atomic E-state index is 0.0354. The maximum Gasteiger partial charge on any atom is 0.227 e. The third-order valence-corrected chi connectivity index (χ3v) is 2.44. The lowest BCUT2D eigenvalue weighted by Crippen LogP contribution is -2.13. The molecule has 1 amide bonds.